The average Bonchev–Trinajstić information content (AvgIpc) is 2.61. The maximum atomic E-state index is 12.3. The summed E-state index contributed by atoms with van der Waals surface area (Å²) in [5.41, 5.74) is -0.185. The van der Waals surface area contributed by atoms with Crippen LogP contribution in [0.1, 0.15) is 0 Å². The second-order valence-electron chi connectivity index (χ2n) is 5.60. The Kier molecular flexibility index (Phi) is 5.93. The molecule has 138 valence electrons. The minimum absolute atomic E-state index is 0.0288. The molecule has 0 radical (unpaired) electrons. The highest BCUT2D eigenvalue weighted by Crippen LogP contribution is 2.30. The number of anilines is 1. The van der Waals surface area contributed by atoms with E-state index >= 15 is 0 Å². The third kappa shape index (κ3) is 4.44. The van der Waals surface area contributed by atoms with E-state index in [-0.39, 0.29) is 28.7 Å². The highest BCUT2D eigenvalue weighted by molar-refractivity contribution is 7.89. The molecule has 0 saturated carbocycles. The standard InChI is InChI=1S/C14H21N5O5S/c1-15-25(23,24)11-3-4-12(13(9-11)19(21)22)17(2)10-14(20)18-7-5-16-6-8-18/h3-4,9,15-16H,5-8,10H2,1-2H3. The van der Waals surface area contributed by atoms with Crippen LogP contribution in [0.3, 0.4) is 0 Å². The Labute approximate surface area is 146 Å². The van der Waals surface area contributed by atoms with Crippen LogP contribution in [0.5, 0.6) is 0 Å². The topological polar surface area (TPSA) is 125 Å². The minimum Gasteiger partial charge on any atom is -0.360 e. The van der Waals surface area contributed by atoms with E-state index in [1.807, 2.05) is 0 Å². The van der Waals surface area contributed by atoms with Crippen LogP contribution >= 0.6 is 0 Å². The van der Waals surface area contributed by atoms with Gasteiger partial charge in [0.15, 0.2) is 0 Å². The Bertz CT molecular complexity index is 761. The van der Waals surface area contributed by atoms with E-state index in [9.17, 15) is 23.3 Å². The van der Waals surface area contributed by atoms with Crippen LogP contribution in [0.25, 0.3) is 0 Å². The Balaban J connectivity index is 2.25. The van der Waals surface area contributed by atoms with Crippen LogP contribution in [0.4, 0.5) is 11.4 Å². The van der Waals surface area contributed by atoms with Gasteiger partial charge in [-0.05, 0) is 19.2 Å². The molecule has 2 rings (SSSR count). The van der Waals surface area contributed by atoms with Crippen molar-refractivity contribution in [2.75, 3.05) is 51.7 Å². The van der Waals surface area contributed by atoms with E-state index in [2.05, 4.69) is 10.0 Å². The lowest BCUT2D eigenvalue weighted by molar-refractivity contribution is -0.384. The zero-order valence-corrected chi connectivity index (χ0v) is 14.9. The van der Waals surface area contributed by atoms with Crippen molar-refractivity contribution in [2.45, 2.75) is 4.90 Å². The van der Waals surface area contributed by atoms with E-state index in [1.165, 1.54) is 24.1 Å². The molecule has 1 aliphatic rings. The summed E-state index contributed by atoms with van der Waals surface area (Å²) in [4.78, 5) is 25.9. The zero-order valence-electron chi connectivity index (χ0n) is 14.1. The number of hydrogen-bond acceptors (Lipinski definition) is 7. The number of piperazine rings is 1. The van der Waals surface area contributed by atoms with Gasteiger partial charge in [-0.1, -0.05) is 0 Å². The van der Waals surface area contributed by atoms with Crippen molar-refractivity contribution in [2.24, 2.45) is 0 Å². The van der Waals surface area contributed by atoms with Gasteiger partial charge in [-0.2, -0.15) is 0 Å². The van der Waals surface area contributed by atoms with Crippen molar-refractivity contribution < 1.29 is 18.1 Å². The van der Waals surface area contributed by atoms with E-state index in [0.717, 1.165) is 6.07 Å². The van der Waals surface area contributed by atoms with Gasteiger partial charge in [-0.15, -0.1) is 0 Å². The summed E-state index contributed by atoms with van der Waals surface area (Å²) in [5.74, 6) is -0.134. The number of sulfonamides is 1. The summed E-state index contributed by atoms with van der Waals surface area (Å²) in [7, 11) is -0.998. The molecule has 10 nitrogen and oxygen atoms in total. The molecule has 1 saturated heterocycles. The van der Waals surface area contributed by atoms with Gasteiger partial charge in [-0.25, -0.2) is 13.1 Å². The fourth-order valence-electron chi connectivity index (χ4n) is 2.56. The van der Waals surface area contributed by atoms with Crippen LogP contribution in [0.15, 0.2) is 23.1 Å². The Morgan fingerprint density at radius 1 is 1.40 bits per heavy atom. The maximum absolute atomic E-state index is 12.3. The first-order chi connectivity index (χ1) is 11.8. The van der Waals surface area contributed by atoms with Crippen molar-refractivity contribution in [1.29, 1.82) is 0 Å². The van der Waals surface area contributed by atoms with Crippen molar-refractivity contribution in [1.82, 2.24) is 14.9 Å². The first kappa shape index (κ1) is 19.1. The molecule has 25 heavy (non-hydrogen) atoms. The lowest BCUT2D eigenvalue weighted by Gasteiger charge is -2.29. The van der Waals surface area contributed by atoms with Gasteiger partial charge in [0.2, 0.25) is 15.9 Å². The van der Waals surface area contributed by atoms with Crippen LogP contribution < -0.4 is 14.9 Å². The molecule has 0 aromatic heterocycles. The largest absolute Gasteiger partial charge is 0.360 e. The Hall–Kier alpha value is -2.24. The van der Waals surface area contributed by atoms with Crippen molar-refractivity contribution in [3.8, 4) is 0 Å². The average molecular weight is 371 g/mol. The fraction of sp³-hybridized carbons (Fsp3) is 0.500. The first-order valence-corrected chi connectivity index (χ1v) is 9.16. The molecule has 1 amide bonds. The van der Waals surface area contributed by atoms with Crippen LogP contribution in [0, 0.1) is 10.1 Å². The fourth-order valence-corrected chi connectivity index (χ4v) is 3.31. The van der Waals surface area contributed by atoms with Crippen molar-refractivity contribution >= 4 is 27.3 Å². The summed E-state index contributed by atoms with van der Waals surface area (Å²) in [6.45, 7) is 2.58. The number of rotatable bonds is 6. The molecule has 0 spiro atoms. The van der Waals surface area contributed by atoms with Crippen molar-refractivity contribution in [3.05, 3.63) is 28.3 Å². The third-order valence-corrected chi connectivity index (χ3v) is 5.39. The lowest BCUT2D eigenvalue weighted by atomic mass is 10.2. The van der Waals surface area contributed by atoms with Gasteiger partial charge in [0.1, 0.15) is 5.69 Å². The lowest BCUT2D eigenvalue weighted by Crippen LogP contribution is -2.49. The van der Waals surface area contributed by atoms with E-state index in [1.54, 1.807) is 11.9 Å². The summed E-state index contributed by atoms with van der Waals surface area (Å²) in [6, 6.07) is 3.61. The molecule has 0 aliphatic carbocycles. The summed E-state index contributed by atoms with van der Waals surface area (Å²) >= 11 is 0. The number of carbonyl (C=O) groups excluding carboxylic acids is 1. The number of nitro groups is 1. The van der Waals surface area contributed by atoms with Crippen LogP contribution in [-0.2, 0) is 14.8 Å². The molecule has 11 heteroatoms. The minimum atomic E-state index is -3.79. The van der Waals surface area contributed by atoms with Crippen molar-refractivity contribution in [3.63, 3.8) is 0 Å². The third-order valence-electron chi connectivity index (χ3n) is 3.98. The number of nitro benzene ring substituents is 1. The molecule has 0 atom stereocenters. The van der Waals surface area contributed by atoms with E-state index < -0.39 is 14.9 Å². The molecule has 0 unspecified atom stereocenters. The van der Waals surface area contributed by atoms with Gasteiger partial charge in [0.25, 0.3) is 5.69 Å². The summed E-state index contributed by atoms with van der Waals surface area (Å²) in [5, 5.41) is 14.5. The van der Waals surface area contributed by atoms with Gasteiger partial charge < -0.3 is 15.1 Å². The predicted molar refractivity (Wildman–Crippen MR) is 92.1 cm³/mol. The zero-order chi connectivity index (χ0) is 18.6. The maximum Gasteiger partial charge on any atom is 0.293 e. The molecule has 0 bridgehead atoms. The number of nitrogens with one attached hydrogen (secondary N) is 2. The molecule has 1 aromatic rings. The Morgan fingerprint density at radius 3 is 2.60 bits per heavy atom. The van der Waals surface area contributed by atoms with Gasteiger partial charge in [0.05, 0.1) is 16.4 Å². The number of benzene rings is 1. The molecule has 1 fully saturated rings. The van der Waals surface area contributed by atoms with Gasteiger partial charge >= 0.3 is 0 Å². The first-order valence-electron chi connectivity index (χ1n) is 7.68. The molecular formula is C14H21N5O5S. The SMILES string of the molecule is CNS(=O)(=O)c1ccc(N(C)CC(=O)N2CCNCC2)c([N+](=O)[O-])c1. The molecule has 1 heterocycles. The predicted octanol–water partition coefficient (Wildman–Crippen LogP) is -0.629. The molecule has 2 N–H and O–H groups in total. The van der Waals surface area contributed by atoms with E-state index in [0.29, 0.717) is 26.2 Å². The highest BCUT2D eigenvalue weighted by atomic mass is 32.2. The molecule has 1 aromatic carbocycles. The monoisotopic (exact) mass is 371 g/mol. The smallest absolute Gasteiger partial charge is 0.293 e. The second-order valence-corrected chi connectivity index (χ2v) is 7.49. The summed E-state index contributed by atoms with van der Waals surface area (Å²) in [6.07, 6.45) is 0. The van der Waals surface area contributed by atoms with Gasteiger partial charge in [0, 0.05) is 39.3 Å². The summed E-state index contributed by atoms with van der Waals surface area (Å²) < 4.78 is 25.8. The number of nitrogens with zero attached hydrogens (tertiary/aromatic N) is 3. The van der Waals surface area contributed by atoms with Crippen LogP contribution in [0.2, 0.25) is 0 Å². The quantitative estimate of drug-likeness (QED) is 0.504. The Morgan fingerprint density at radius 2 is 2.04 bits per heavy atom. The normalized spacial score (nSPS) is 15.0. The van der Waals surface area contributed by atoms with Gasteiger partial charge in [-0.3, -0.25) is 14.9 Å². The number of amides is 1. The van der Waals surface area contributed by atoms with Crippen LogP contribution in [-0.4, -0.2) is 71.0 Å². The number of hydrogen-bond donors (Lipinski definition) is 2. The molecule has 1 aliphatic heterocycles. The number of carbonyl (C=O) groups is 1. The van der Waals surface area contributed by atoms with E-state index in [4.69, 9.17) is 0 Å². The highest BCUT2D eigenvalue weighted by Gasteiger charge is 2.25. The number of likely N-dealkylation sites (N-methyl/N-ethyl adjacent to an activating group) is 1. The second kappa shape index (κ2) is 7.76. The molecular weight excluding hydrogens is 350 g/mol.